The molecule has 1 aromatic carbocycles. The minimum Gasteiger partial charge on any atom is -0.490 e. The third-order valence-corrected chi connectivity index (χ3v) is 6.88. The number of nitrogens with zero attached hydrogens (tertiary/aromatic N) is 6. The van der Waals surface area contributed by atoms with Gasteiger partial charge in [-0.05, 0) is 57.0 Å². The number of aryl methyl sites for hydroxylation is 1. The molecule has 11 nitrogen and oxygen atoms in total. The largest absolute Gasteiger partial charge is 0.490 e. The number of likely N-dealkylation sites (N-methyl/N-ethyl adjacent to an activating group) is 1. The summed E-state index contributed by atoms with van der Waals surface area (Å²) >= 11 is 1.41. The van der Waals surface area contributed by atoms with Crippen molar-refractivity contribution in [2.45, 2.75) is 17.0 Å². The molecule has 0 unspecified atom stereocenters. The molecule has 3 aromatic rings. The molecule has 2 N–H and O–H groups in total. The molecule has 1 aliphatic rings. The van der Waals surface area contributed by atoms with Gasteiger partial charge in [0.25, 0.3) is 0 Å². The van der Waals surface area contributed by atoms with Crippen LogP contribution < -0.4 is 15.0 Å². The summed E-state index contributed by atoms with van der Waals surface area (Å²) in [5, 5.41) is 11.1. The van der Waals surface area contributed by atoms with E-state index in [1.165, 1.54) is 18.9 Å². The first-order chi connectivity index (χ1) is 17.9. The van der Waals surface area contributed by atoms with E-state index in [2.05, 4.69) is 44.3 Å². The Morgan fingerprint density at radius 3 is 2.46 bits per heavy atom. The van der Waals surface area contributed by atoms with Crippen LogP contribution in [0, 0.1) is 6.92 Å². The molecule has 198 valence electrons. The van der Waals surface area contributed by atoms with Crippen molar-refractivity contribution in [2.24, 2.45) is 0 Å². The zero-order valence-electron chi connectivity index (χ0n) is 21.9. The van der Waals surface area contributed by atoms with Crippen molar-refractivity contribution in [3.63, 3.8) is 0 Å². The molecule has 0 spiro atoms. The van der Waals surface area contributed by atoms with E-state index in [0.717, 1.165) is 55.7 Å². The molecule has 0 atom stereocenters. The first-order valence-corrected chi connectivity index (χ1v) is 12.9. The highest BCUT2D eigenvalue weighted by Gasteiger charge is 2.25. The number of rotatable bonds is 10. The molecule has 4 rings (SSSR count). The Kier molecular flexibility index (Phi) is 8.85. The van der Waals surface area contributed by atoms with Crippen molar-refractivity contribution in [1.29, 1.82) is 0 Å². The van der Waals surface area contributed by atoms with E-state index >= 15 is 0 Å². The number of anilines is 3. The maximum absolute atomic E-state index is 11.8. The van der Waals surface area contributed by atoms with Crippen LogP contribution in [0.15, 0.2) is 40.4 Å². The van der Waals surface area contributed by atoms with E-state index in [-0.39, 0.29) is 5.97 Å². The molecule has 12 heteroatoms. The van der Waals surface area contributed by atoms with Gasteiger partial charge in [0.1, 0.15) is 0 Å². The van der Waals surface area contributed by atoms with Crippen LogP contribution in [0.1, 0.15) is 16.1 Å². The molecule has 0 amide bonds. The third kappa shape index (κ3) is 6.90. The molecular weight excluding hydrogens is 492 g/mol. The standard InChI is InChI=1S/C25H34N8O3S/c1-17-16-20(30-29-17)26-22-21(35-4)23(33-14-12-32(13-15-33)11-10-31(2)3)28-25(27-22)37-19-8-6-18(7-9-19)24(34)36-5/h6-9,16H,10-15H2,1-5H3,(H2,26,27,28,29,30). The maximum Gasteiger partial charge on any atom is 0.337 e. The maximum atomic E-state index is 11.8. The van der Waals surface area contributed by atoms with Crippen molar-refractivity contribution in [3.05, 3.63) is 41.6 Å². The molecule has 0 saturated carbocycles. The zero-order valence-corrected chi connectivity index (χ0v) is 22.8. The molecule has 1 fully saturated rings. The minimum absolute atomic E-state index is 0.370. The first kappa shape index (κ1) is 26.7. The fourth-order valence-electron chi connectivity index (χ4n) is 3.96. The lowest BCUT2D eigenvalue weighted by atomic mass is 10.2. The summed E-state index contributed by atoms with van der Waals surface area (Å²) in [6, 6.07) is 9.09. The van der Waals surface area contributed by atoms with Crippen LogP contribution in [-0.4, -0.2) is 104 Å². The highest BCUT2D eigenvalue weighted by atomic mass is 32.2. The van der Waals surface area contributed by atoms with Gasteiger partial charge in [-0.1, -0.05) is 0 Å². The quantitative estimate of drug-likeness (QED) is 0.300. The molecule has 2 aromatic heterocycles. The highest BCUT2D eigenvalue weighted by molar-refractivity contribution is 7.99. The van der Waals surface area contributed by atoms with Gasteiger partial charge in [0, 0.05) is 55.9 Å². The minimum atomic E-state index is -0.370. The molecule has 37 heavy (non-hydrogen) atoms. The number of esters is 1. The fraction of sp³-hybridized carbons (Fsp3) is 0.440. The van der Waals surface area contributed by atoms with Gasteiger partial charge in [-0.3, -0.25) is 10.00 Å². The van der Waals surface area contributed by atoms with Crippen molar-refractivity contribution < 1.29 is 14.3 Å². The number of hydrogen-bond acceptors (Lipinski definition) is 11. The topological polar surface area (TPSA) is 112 Å². The zero-order chi connectivity index (χ0) is 26.4. The second-order valence-electron chi connectivity index (χ2n) is 9.02. The average molecular weight is 527 g/mol. The second kappa shape index (κ2) is 12.3. The summed E-state index contributed by atoms with van der Waals surface area (Å²) in [4.78, 5) is 29.3. The number of nitrogens with one attached hydrogen (secondary N) is 2. The normalized spacial score (nSPS) is 14.2. The number of ether oxygens (including phenoxy) is 2. The van der Waals surface area contributed by atoms with E-state index in [9.17, 15) is 4.79 Å². The van der Waals surface area contributed by atoms with E-state index in [4.69, 9.17) is 19.4 Å². The van der Waals surface area contributed by atoms with Gasteiger partial charge in [0.15, 0.2) is 22.6 Å². The third-order valence-electron chi connectivity index (χ3n) is 6.00. The fourth-order valence-corrected chi connectivity index (χ4v) is 4.71. The molecular formula is C25H34N8O3S. The van der Waals surface area contributed by atoms with Gasteiger partial charge < -0.3 is 24.6 Å². The summed E-state index contributed by atoms with van der Waals surface area (Å²) in [5.41, 5.74) is 1.43. The number of hydrogen-bond donors (Lipinski definition) is 2. The molecule has 1 aliphatic heterocycles. The van der Waals surface area contributed by atoms with E-state index < -0.39 is 0 Å². The molecule has 0 radical (unpaired) electrons. The summed E-state index contributed by atoms with van der Waals surface area (Å²) in [7, 11) is 7.20. The Labute approximate surface area is 221 Å². The van der Waals surface area contributed by atoms with Crippen LogP contribution in [0.5, 0.6) is 5.75 Å². The molecule has 3 heterocycles. The first-order valence-electron chi connectivity index (χ1n) is 12.1. The molecule has 0 aliphatic carbocycles. The Bertz CT molecular complexity index is 1190. The Morgan fingerprint density at radius 2 is 1.86 bits per heavy atom. The predicted octanol–water partition coefficient (Wildman–Crippen LogP) is 2.88. The second-order valence-corrected chi connectivity index (χ2v) is 10.1. The van der Waals surface area contributed by atoms with E-state index in [1.807, 2.05) is 25.1 Å². The van der Waals surface area contributed by atoms with Gasteiger partial charge >= 0.3 is 5.97 Å². The van der Waals surface area contributed by atoms with Gasteiger partial charge in [0.05, 0.1) is 19.8 Å². The predicted molar refractivity (Wildman–Crippen MR) is 144 cm³/mol. The highest BCUT2D eigenvalue weighted by Crippen LogP contribution is 2.38. The van der Waals surface area contributed by atoms with Crippen LogP contribution in [0.25, 0.3) is 0 Å². The van der Waals surface area contributed by atoms with E-state index in [1.54, 1.807) is 19.2 Å². The van der Waals surface area contributed by atoms with Crippen LogP contribution in [0.4, 0.5) is 17.5 Å². The number of H-pyrrole nitrogens is 1. The SMILES string of the molecule is COC(=O)c1ccc(Sc2nc(Nc3cc(C)[nH]n3)c(OC)c(N3CCN(CCN(C)C)CC3)n2)cc1. The van der Waals surface area contributed by atoms with Crippen LogP contribution >= 0.6 is 11.8 Å². The van der Waals surface area contributed by atoms with Crippen molar-refractivity contribution in [2.75, 3.05) is 77.8 Å². The van der Waals surface area contributed by atoms with Gasteiger partial charge in [-0.25, -0.2) is 14.8 Å². The van der Waals surface area contributed by atoms with Crippen LogP contribution in [-0.2, 0) is 4.74 Å². The Morgan fingerprint density at radius 1 is 1.14 bits per heavy atom. The lowest BCUT2D eigenvalue weighted by Crippen LogP contribution is -2.48. The molecule has 0 bridgehead atoms. The Hall–Kier alpha value is -3.35. The summed E-state index contributed by atoms with van der Waals surface area (Å²) in [5.74, 6) is 2.14. The number of aromatic nitrogens is 4. The summed E-state index contributed by atoms with van der Waals surface area (Å²) in [6.45, 7) is 7.56. The van der Waals surface area contributed by atoms with Gasteiger partial charge in [-0.2, -0.15) is 5.10 Å². The smallest absolute Gasteiger partial charge is 0.337 e. The van der Waals surface area contributed by atoms with Gasteiger partial charge in [-0.15, -0.1) is 0 Å². The number of carbonyl (C=O) groups excluding carboxylic acids is 1. The van der Waals surface area contributed by atoms with Crippen LogP contribution in [0.3, 0.4) is 0 Å². The molecule has 1 saturated heterocycles. The summed E-state index contributed by atoms with van der Waals surface area (Å²) < 4.78 is 10.6. The average Bonchev–Trinajstić information content (AvgIpc) is 3.31. The van der Waals surface area contributed by atoms with Crippen molar-refractivity contribution in [1.82, 2.24) is 30.0 Å². The van der Waals surface area contributed by atoms with Crippen molar-refractivity contribution in [3.8, 4) is 5.75 Å². The number of aromatic amines is 1. The lowest BCUT2D eigenvalue weighted by molar-refractivity contribution is 0.0600. The number of methoxy groups -OCH3 is 2. The number of piperazine rings is 1. The van der Waals surface area contributed by atoms with Crippen molar-refractivity contribution >= 4 is 35.2 Å². The Balaban J connectivity index is 1.61. The monoisotopic (exact) mass is 526 g/mol. The number of benzene rings is 1. The number of carbonyl (C=O) groups is 1. The van der Waals surface area contributed by atoms with E-state index in [0.29, 0.717) is 28.1 Å². The summed E-state index contributed by atoms with van der Waals surface area (Å²) in [6.07, 6.45) is 0. The van der Waals surface area contributed by atoms with Gasteiger partial charge in [0.2, 0.25) is 5.75 Å². The van der Waals surface area contributed by atoms with Crippen LogP contribution in [0.2, 0.25) is 0 Å². The lowest BCUT2D eigenvalue weighted by Gasteiger charge is -2.36.